The number of amides is 1. The number of halogens is 1. The zero-order chi connectivity index (χ0) is 16.9. The highest BCUT2D eigenvalue weighted by molar-refractivity contribution is 6.30. The van der Waals surface area contributed by atoms with Gasteiger partial charge in [0.2, 0.25) is 5.91 Å². The molecule has 0 atom stereocenters. The number of piperidine rings is 1. The van der Waals surface area contributed by atoms with E-state index in [-0.39, 0.29) is 5.91 Å². The fourth-order valence-corrected chi connectivity index (χ4v) is 3.14. The van der Waals surface area contributed by atoms with Crippen molar-refractivity contribution in [2.45, 2.75) is 26.2 Å². The van der Waals surface area contributed by atoms with Crippen molar-refractivity contribution in [3.8, 4) is 0 Å². The number of nitrogens with one attached hydrogen (secondary N) is 1. The van der Waals surface area contributed by atoms with Crippen LogP contribution in [0.1, 0.15) is 25.3 Å². The molecule has 1 aliphatic rings. The first-order valence-corrected chi connectivity index (χ1v) is 8.87. The fraction of sp³-hybridized carbons (Fsp3) is 0.350. The van der Waals surface area contributed by atoms with E-state index in [0.29, 0.717) is 11.4 Å². The van der Waals surface area contributed by atoms with Crippen LogP contribution in [0.2, 0.25) is 5.02 Å². The predicted molar refractivity (Wildman–Crippen MR) is 101 cm³/mol. The van der Waals surface area contributed by atoms with Gasteiger partial charge >= 0.3 is 0 Å². The Kier molecular flexibility index (Phi) is 5.41. The van der Waals surface area contributed by atoms with E-state index < -0.39 is 0 Å². The standard InChI is InChI=1S/C20H23ClN2O/c1-15-10-12-23(13-11-15)19-8-6-18(7-9-19)22-20(24)14-16-2-4-17(21)5-3-16/h2-9,15H,10-14H2,1H3,(H,22,24). The molecule has 4 heteroatoms. The van der Waals surface area contributed by atoms with Crippen molar-refractivity contribution in [1.82, 2.24) is 0 Å². The summed E-state index contributed by atoms with van der Waals surface area (Å²) in [6, 6.07) is 15.5. The zero-order valence-corrected chi connectivity index (χ0v) is 14.7. The molecule has 126 valence electrons. The number of hydrogen-bond acceptors (Lipinski definition) is 2. The van der Waals surface area contributed by atoms with Gasteiger partial charge in [0.15, 0.2) is 0 Å². The Morgan fingerprint density at radius 2 is 1.71 bits per heavy atom. The van der Waals surface area contributed by atoms with Crippen LogP contribution in [0.3, 0.4) is 0 Å². The Hall–Kier alpha value is -2.00. The molecule has 0 saturated carbocycles. The maximum atomic E-state index is 12.1. The Bertz CT molecular complexity index is 674. The van der Waals surface area contributed by atoms with Crippen LogP contribution >= 0.6 is 11.6 Å². The van der Waals surface area contributed by atoms with E-state index in [4.69, 9.17) is 11.6 Å². The third-order valence-corrected chi connectivity index (χ3v) is 4.83. The van der Waals surface area contributed by atoms with E-state index in [0.717, 1.165) is 30.3 Å². The lowest BCUT2D eigenvalue weighted by atomic mass is 9.99. The average molecular weight is 343 g/mol. The highest BCUT2D eigenvalue weighted by Crippen LogP contribution is 2.24. The van der Waals surface area contributed by atoms with E-state index in [1.54, 1.807) is 12.1 Å². The Morgan fingerprint density at radius 3 is 2.33 bits per heavy atom. The largest absolute Gasteiger partial charge is 0.372 e. The summed E-state index contributed by atoms with van der Waals surface area (Å²) in [4.78, 5) is 14.6. The summed E-state index contributed by atoms with van der Waals surface area (Å²) in [5.74, 6) is 0.810. The molecule has 1 saturated heterocycles. The van der Waals surface area contributed by atoms with E-state index in [1.807, 2.05) is 24.3 Å². The van der Waals surface area contributed by atoms with Crippen LogP contribution in [-0.4, -0.2) is 19.0 Å². The number of anilines is 2. The highest BCUT2D eigenvalue weighted by Gasteiger charge is 2.15. The van der Waals surface area contributed by atoms with Crippen molar-refractivity contribution in [2.75, 3.05) is 23.3 Å². The van der Waals surface area contributed by atoms with Crippen LogP contribution in [0, 0.1) is 5.92 Å². The van der Waals surface area contributed by atoms with Crippen molar-refractivity contribution in [2.24, 2.45) is 5.92 Å². The number of hydrogen-bond donors (Lipinski definition) is 1. The van der Waals surface area contributed by atoms with E-state index in [2.05, 4.69) is 29.3 Å². The van der Waals surface area contributed by atoms with Crippen LogP contribution < -0.4 is 10.2 Å². The van der Waals surface area contributed by atoms with Crippen LogP contribution in [0.5, 0.6) is 0 Å². The molecule has 24 heavy (non-hydrogen) atoms. The lowest BCUT2D eigenvalue weighted by molar-refractivity contribution is -0.115. The topological polar surface area (TPSA) is 32.3 Å². The molecule has 1 heterocycles. The lowest BCUT2D eigenvalue weighted by Crippen LogP contribution is -2.32. The summed E-state index contributed by atoms with van der Waals surface area (Å²) in [6.07, 6.45) is 2.85. The van der Waals surface area contributed by atoms with Gasteiger partial charge in [-0.05, 0) is 60.7 Å². The number of benzene rings is 2. The molecular weight excluding hydrogens is 320 g/mol. The fourth-order valence-electron chi connectivity index (χ4n) is 3.02. The first kappa shape index (κ1) is 16.8. The summed E-state index contributed by atoms with van der Waals surface area (Å²) in [5.41, 5.74) is 3.02. The quantitative estimate of drug-likeness (QED) is 0.869. The molecule has 1 N–H and O–H groups in total. The molecule has 2 aromatic rings. The van der Waals surface area contributed by atoms with Gasteiger partial charge in [0.1, 0.15) is 0 Å². The highest BCUT2D eigenvalue weighted by atomic mass is 35.5. The molecule has 1 amide bonds. The number of carbonyl (C=O) groups excluding carboxylic acids is 1. The van der Waals surface area contributed by atoms with E-state index in [9.17, 15) is 4.79 Å². The summed E-state index contributed by atoms with van der Waals surface area (Å²) in [5, 5.41) is 3.63. The third-order valence-electron chi connectivity index (χ3n) is 4.58. The van der Waals surface area contributed by atoms with Crippen molar-refractivity contribution in [3.63, 3.8) is 0 Å². The minimum absolute atomic E-state index is 0.0168. The number of nitrogens with zero attached hydrogens (tertiary/aromatic N) is 1. The lowest BCUT2D eigenvalue weighted by Gasteiger charge is -2.32. The van der Waals surface area contributed by atoms with Gasteiger partial charge < -0.3 is 10.2 Å². The van der Waals surface area contributed by atoms with Crippen molar-refractivity contribution < 1.29 is 4.79 Å². The molecule has 0 unspecified atom stereocenters. The predicted octanol–water partition coefficient (Wildman–Crippen LogP) is 4.76. The normalized spacial score (nSPS) is 15.3. The zero-order valence-electron chi connectivity index (χ0n) is 14.0. The van der Waals surface area contributed by atoms with E-state index >= 15 is 0 Å². The molecule has 1 aliphatic heterocycles. The molecule has 2 aromatic carbocycles. The molecule has 0 aliphatic carbocycles. The molecule has 3 rings (SSSR count). The molecule has 0 aromatic heterocycles. The smallest absolute Gasteiger partial charge is 0.228 e. The van der Waals surface area contributed by atoms with Gasteiger partial charge in [0, 0.05) is 29.5 Å². The molecule has 1 fully saturated rings. The van der Waals surface area contributed by atoms with Gasteiger partial charge in [-0.2, -0.15) is 0 Å². The van der Waals surface area contributed by atoms with Gasteiger partial charge in [-0.3, -0.25) is 4.79 Å². The Balaban J connectivity index is 1.55. The SMILES string of the molecule is CC1CCN(c2ccc(NC(=O)Cc3ccc(Cl)cc3)cc2)CC1. The number of carbonyl (C=O) groups is 1. The second-order valence-corrected chi connectivity index (χ2v) is 7.00. The van der Waals surface area contributed by atoms with Gasteiger partial charge in [-0.15, -0.1) is 0 Å². The van der Waals surface area contributed by atoms with E-state index in [1.165, 1.54) is 18.5 Å². The second-order valence-electron chi connectivity index (χ2n) is 6.57. The maximum absolute atomic E-state index is 12.1. The number of rotatable bonds is 4. The van der Waals surface area contributed by atoms with Crippen molar-refractivity contribution in [1.29, 1.82) is 0 Å². The minimum atomic E-state index is -0.0168. The van der Waals surface area contributed by atoms with Crippen LogP contribution in [0.4, 0.5) is 11.4 Å². The second kappa shape index (κ2) is 7.71. The minimum Gasteiger partial charge on any atom is -0.372 e. The monoisotopic (exact) mass is 342 g/mol. The van der Waals surface area contributed by atoms with Crippen LogP contribution in [-0.2, 0) is 11.2 Å². The van der Waals surface area contributed by atoms with Gasteiger partial charge in [0.25, 0.3) is 0 Å². The Labute approximate surface area is 148 Å². The van der Waals surface area contributed by atoms with Crippen LogP contribution in [0.25, 0.3) is 0 Å². The summed E-state index contributed by atoms with van der Waals surface area (Å²) in [6.45, 7) is 4.55. The van der Waals surface area contributed by atoms with Crippen molar-refractivity contribution >= 4 is 28.9 Å². The maximum Gasteiger partial charge on any atom is 0.228 e. The van der Waals surface area contributed by atoms with Gasteiger partial charge in [-0.25, -0.2) is 0 Å². The average Bonchev–Trinajstić information content (AvgIpc) is 2.58. The molecule has 0 radical (unpaired) electrons. The van der Waals surface area contributed by atoms with Crippen LogP contribution in [0.15, 0.2) is 48.5 Å². The third kappa shape index (κ3) is 4.51. The van der Waals surface area contributed by atoms with Gasteiger partial charge in [-0.1, -0.05) is 30.7 Å². The molecule has 0 spiro atoms. The summed E-state index contributed by atoms with van der Waals surface area (Å²) in [7, 11) is 0. The summed E-state index contributed by atoms with van der Waals surface area (Å²) >= 11 is 5.86. The Morgan fingerprint density at radius 1 is 1.08 bits per heavy atom. The molecule has 0 bridgehead atoms. The molecule has 3 nitrogen and oxygen atoms in total. The molecular formula is C20H23ClN2O. The first-order chi connectivity index (χ1) is 11.6. The first-order valence-electron chi connectivity index (χ1n) is 8.49. The van der Waals surface area contributed by atoms with Crippen molar-refractivity contribution in [3.05, 3.63) is 59.1 Å². The van der Waals surface area contributed by atoms with Gasteiger partial charge in [0.05, 0.1) is 6.42 Å². The summed E-state index contributed by atoms with van der Waals surface area (Å²) < 4.78 is 0.